The van der Waals surface area contributed by atoms with E-state index in [1.807, 2.05) is 54.4 Å². The molecule has 1 N–H and O–H groups in total. The van der Waals surface area contributed by atoms with Crippen LogP contribution in [-0.2, 0) is 6.42 Å². The van der Waals surface area contributed by atoms with Crippen LogP contribution < -0.4 is 10.2 Å². The molecule has 0 spiro atoms. The highest BCUT2D eigenvalue weighted by Crippen LogP contribution is 2.21. The van der Waals surface area contributed by atoms with Gasteiger partial charge >= 0.3 is 0 Å². The number of hydrogen-bond acceptors (Lipinski definition) is 6. The fourth-order valence-electron chi connectivity index (χ4n) is 3.03. The van der Waals surface area contributed by atoms with Crippen LogP contribution in [0.15, 0.2) is 73.4 Å². The smallest absolute Gasteiger partial charge is 0.274 e. The van der Waals surface area contributed by atoms with Crippen LogP contribution in [0, 0.1) is 0 Å². The number of fused-ring (bicyclic) bond motifs is 1. The molecule has 3 heterocycles. The summed E-state index contributed by atoms with van der Waals surface area (Å²) in [5, 5.41) is 3.87. The summed E-state index contributed by atoms with van der Waals surface area (Å²) in [6.45, 7) is 0.759. The van der Waals surface area contributed by atoms with Crippen molar-refractivity contribution in [2.75, 3.05) is 23.8 Å². The third-order valence-electron chi connectivity index (χ3n) is 4.64. The Bertz CT molecular complexity index is 1130. The summed E-state index contributed by atoms with van der Waals surface area (Å²) in [6.07, 6.45) is 7.54. The van der Waals surface area contributed by atoms with Gasteiger partial charge in [0.25, 0.3) is 5.91 Å². The summed E-state index contributed by atoms with van der Waals surface area (Å²) >= 11 is 0. The second kappa shape index (κ2) is 8.43. The average Bonchev–Trinajstić information content (AvgIpc) is 2.78. The van der Waals surface area contributed by atoms with Crippen LogP contribution >= 0.6 is 0 Å². The number of amides is 1. The summed E-state index contributed by atoms with van der Waals surface area (Å²) in [6, 6.07) is 15.2. The molecule has 0 atom stereocenters. The van der Waals surface area contributed by atoms with E-state index >= 15 is 0 Å². The van der Waals surface area contributed by atoms with Crippen LogP contribution in [0.5, 0.6) is 0 Å². The molecule has 144 valence electrons. The molecule has 4 aromatic rings. The molecule has 0 unspecified atom stereocenters. The standard InChI is InChI=1S/C22H20N6O/c1-28(13-9-16-7-11-23-12-8-16)20-14-19(25-15-26-20)22(29)27-18-6-2-4-17-5-3-10-24-21(17)18/h2-8,10-12,14-15H,9,13H2,1H3,(H,27,29). The van der Waals surface area contributed by atoms with Gasteiger partial charge in [-0.3, -0.25) is 14.8 Å². The molecule has 0 bridgehead atoms. The number of anilines is 2. The Morgan fingerprint density at radius 1 is 1.00 bits per heavy atom. The quantitative estimate of drug-likeness (QED) is 0.549. The lowest BCUT2D eigenvalue weighted by atomic mass is 10.2. The van der Waals surface area contributed by atoms with Gasteiger partial charge in [0.2, 0.25) is 0 Å². The molecule has 0 aliphatic rings. The molecular weight excluding hydrogens is 364 g/mol. The first-order chi connectivity index (χ1) is 14.2. The number of carbonyl (C=O) groups excluding carboxylic acids is 1. The van der Waals surface area contributed by atoms with Crippen molar-refractivity contribution >= 4 is 28.3 Å². The van der Waals surface area contributed by atoms with Crippen molar-refractivity contribution in [3.05, 3.63) is 84.7 Å². The highest BCUT2D eigenvalue weighted by molar-refractivity contribution is 6.07. The van der Waals surface area contributed by atoms with Gasteiger partial charge in [0.05, 0.1) is 11.2 Å². The van der Waals surface area contributed by atoms with Crippen molar-refractivity contribution in [2.45, 2.75) is 6.42 Å². The van der Waals surface area contributed by atoms with E-state index in [4.69, 9.17) is 0 Å². The van der Waals surface area contributed by atoms with E-state index in [2.05, 4.69) is 25.3 Å². The maximum absolute atomic E-state index is 12.8. The highest BCUT2D eigenvalue weighted by atomic mass is 16.1. The van der Waals surface area contributed by atoms with Gasteiger partial charge in [-0.05, 0) is 36.2 Å². The number of para-hydroxylation sites is 1. The molecule has 0 aliphatic carbocycles. The average molecular weight is 384 g/mol. The second-order valence-corrected chi connectivity index (χ2v) is 6.62. The Morgan fingerprint density at radius 2 is 1.83 bits per heavy atom. The predicted molar refractivity (Wildman–Crippen MR) is 113 cm³/mol. The fraction of sp³-hybridized carbons (Fsp3) is 0.136. The van der Waals surface area contributed by atoms with Crippen LogP contribution in [-0.4, -0.2) is 39.4 Å². The molecule has 4 rings (SSSR count). The van der Waals surface area contributed by atoms with Gasteiger partial charge in [0.15, 0.2) is 0 Å². The third kappa shape index (κ3) is 4.35. The number of aromatic nitrogens is 4. The molecule has 0 aliphatic heterocycles. The summed E-state index contributed by atoms with van der Waals surface area (Å²) < 4.78 is 0. The number of carbonyl (C=O) groups is 1. The Morgan fingerprint density at radius 3 is 2.69 bits per heavy atom. The normalized spacial score (nSPS) is 10.7. The zero-order chi connectivity index (χ0) is 20.1. The number of pyridine rings is 2. The minimum atomic E-state index is -0.297. The molecule has 1 amide bonds. The number of rotatable bonds is 6. The fourth-order valence-corrected chi connectivity index (χ4v) is 3.03. The lowest BCUT2D eigenvalue weighted by Crippen LogP contribution is -2.23. The summed E-state index contributed by atoms with van der Waals surface area (Å²) in [7, 11) is 1.94. The van der Waals surface area contributed by atoms with E-state index < -0.39 is 0 Å². The molecule has 0 saturated heterocycles. The molecule has 29 heavy (non-hydrogen) atoms. The number of nitrogens with zero attached hydrogens (tertiary/aromatic N) is 5. The predicted octanol–water partition coefficient (Wildman–Crippen LogP) is 3.35. The highest BCUT2D eigenvalue weighted by Gasteiger charge is 2.13. The largest absolute Gasteiger partial charge is 0.359 e. The zero-order valence-electron chi connectivity index (χ0n) is 16.0. The first kappa shape index (κ1) is 18.5. The molecule has 0 fully saturated rings. The van der Waals surface area contributed by atoms with Crippen molar-refractivity contribution in [1.29, 1.82) is 0 Å². The Labute approximate surface area is 168 Å². The van der Waals surface area contributed by atoms with Gasteiger partial charge in [-0.2, -0.15) is 0 Å². The molecule has 0 radical (unpaired) electrons. The van der Waals surface area contributed by atoms with E-state index in [0.717, 1.165) is 23.9 Å². The monoisotopic (exact) mass is 384 g/mol. The van der Waals surface area contributed by atoms with Gasteiger partial charge in [-0.1, -0.05) is 18.2 Å². The van der Waals surface area contributed by atoms with Gasteiger partial charge in [-0.25, -0.2) is 9.97 Å². The van der Waals surface area contributed by atoms with Crippen LogP contribution in [0.2, 0.25) is 0 Å². The maximum Gasteiger partial charge on any atom is 0.274 e. The Kier molecular flexibility index (Phi) is 5.38. The van der Waals surface area contributed by atoms with Crippen LogP contribution in [0.1, 0.15) is 16.1 Å². The van der Waals surface area contributed by atoms with E-state index in [0.29, 0.717) is 17.2 Å². The molecule has 3 aromatic heterocycles. The Balaban J connectivity index is 1.48. The SMILES string of the molecule is CN(CCc1ccncc1)c1cc(C(=O)Nc2cccc3cccnc23)ncn1. The van der Waals surface area contributed by atoms with Gasteiger partial charge < -0.3 is 10.2 Å². The number of likely N-dealkylation sites (N-methyl/N-ethyl adjacent to an activating group) is 1. The third-order valence-corrected chi connectivity index (χ3v) is 4.64. The summed E-state index contributed by atoms with van der Waals surface area (Å²) in [5.74, 6) is 0.393. The zero-order valence-corrected chi connectivity index (χ0v) is 16.0. The van der Waals surface area contributed by atoms with Gasteiger partial charge in [0.1, 0.15) is 17.8 Å². The summed E-state index contributed by atoms with van der Waals surface area (Å²) in [5.41, 5.74) is 2.90. The molecule has 0 saturated carbocycles. The first-order valence-corrected chi connectivity index (χ1v) is 9.28. The van der Waals surface area contributed by atoms with E-state index in [1.165, 1.54) is 11.9 Å². The van der Waals surface area contributed by atoms with Crippen molar-refractivity contribution in [3.8, 4) is 0 Å². The van der Waals surface area contributed by atoms with E-state index in [1.54, 1.807) is 24.7 Å². The van der Waals surface area contributed by atoms with Crippen LogP contribution in [0.25, 0.3) is 10.9 Å². The number of benzene rings is 1. The van der Waals surface area contributed by atoms with Crippen LogP contribution in [0.4, 0.5) is 11.5 Å². The molecular formula is C22H20N6O. The number of nitrogens with one attached hydrogen (secondary N) is 1. The molecule has 7 nitrogen and oxygen atoms in total. The number of hydrogen-bond donors (Lipinski definition) is 1. The second-order valence-electron chi connectivity index (χ2n) is 6.62. The van der Waals surface area contributed by atoms with Crippen molar-refractivity contribution in [1.82, 2.24) is 19.9 Å². The molecule has 1 aromatic carbocycles. The van der Waals surface area contributed by atoms with Crippen molar-refractivity contribution in [2.24, 2.45) is 0 Å². The Hall–Kier alpha value is -3.87. The van der Waals surface area contributed by atoms with Crippen molar-refractivity contribution in [3.63, 3.8) is 0 Å². The van der Waals surface area contributed by atoms with Gasteiger partial charge in [-0.15, -0.1) is 0 Å². The summed E-state index contributed by atoms with van der Waals surface area (Å²) in [4.78, 5) is 31.6. The lowest BCUT2D eigenvalue weighted by molar-refractivity contribution is 0.102. The van der Waals surface area contributed by atoms with Crippen LogP contribution in [0.3, 0.4) is 0 Å². The van der Waals surface area contributed by atoms with Crippen molar-refractivity contribution < 1.29 is 4.79 Å². The maximum atomic E-state index is 12.8. The molecule has 7 heteroatoms. The topological polar surface area (TPSA) is 83.9 Å². The lowest BCUT2D eigenvalue weighted by Gasteiger charge is -2.18. The van der Waals surface area contributed by atoms with E-state index in [-0.39, 0.29) is 5.91 Å². The van der Waals surface area contributed by atoms with Gasteiger partial charge in [0, 0.05) is 43.6 Å². The first-order valence-electron chi connectivity index (χ1n) is 9.28. The minimum Gasteiger partial charge on any atom is -0.359 e. The minimum absolute atomic E-state index is 0.297. The van der Waals surface area contributed by atoms with E-state index in [9.17, 15) is 4.79 Å².